The highest BCUT2D eigenvalue weighted by Crippen LogP contribution is 2.61. The van der Waals surface area contributed by atoms with E-state index in [0.29, 0.717) is 36.6 Å². The summed E-state index contributed by atoms with van der Waals surface area (Å²) >= 11 is 3.80. The molecule has 1 N–H and O–H groups in total. The van der Waals surface area contributed by atoms with Crippen LogP contribution in [0.5, 0.6) is 5.75 Å². The molecule has 3 aromatic rings. The summed E-state index contributed by atoms with van der Waals surface area (Å²) in [6, 6.07) is 19.3. The lowest BCUT2D eigenvalue weighted by molar-refractivity contribution is -0.144. The highest BCUT2D eigenvalue weighted by molar-refractivity contribution is 9.09. The van der Waals surface area contributed by atoms with Crippen LogP contribution in [0.2, 0.25) is 0 Å². The van der Waals surface area contributed by atoms with Crippen LogP contribution in [0.1, 0.15) is 33.6 Å². The molecule has 9 nitrogen and oxygen atoms in total. The Hall–Kier alpha value is -3.99. The molecule has 6 rings (SSSR count). The van der Waals surface area contributed by atoms with Crippen molar-refractivity contribution in [2.45, 2.75) is 62.2 Å². The molecule has 1 spiro atoms. The lowest BCUT2D eigenvalue weighted by Gasteiger charge is -2.40. The second-order valence-corrected chi connectivity index (χ2v) is 15.0. The summed E-state index contributed by atoms with van der Waals surface area (Å²) in [4.78, 5) is 49.4. The van der Waals surface area contributed by atoms with Crippen LogP contribution < -0.4 is 14.5 Å². The highest BCUT2D eigenvalue weighted by Gasteiger charge is 2.77. The Bertz CT molecular complexity index is 1760. The second kappa shape index (κ2) is 14.7. The number of amides is 3. The van der Waals surface area contributed by atoms with Crippen molar-refractivity contribution in [3.8, 4) is 5.75 Å². The largest absolute Gasteiger partial charge is 0.494 e. The topological polar surface area (TPSA) is 99.6 Å². The maximum absolute atomic E-state index is 15.2. The standard InChI is InChI=1S/C40H46BrN3O6/c1-6-19-42(28-15-17-31(18-16-28)49-8-3)37(46)33-34-38(47)44(30(24-45)21-25(4)5)36(40(34)23-32(41)35(33)50-40)39(48)43(20-7-2)29-14-13-26-11-9-10-12-27(26)22-29/h6-7,9-18,22,25,30,32-36,45H,1-2,8,19-21,23-24H2,3-5H3/t30-,32?,33-,34+,35-,36?,40?/m1/s1. The normalized spacial score (nSPS) is 25.8. The van der Waals surface area contributed by atoms with E-state index < -0.39 is 35.6 Å². The molecule has 10 heteroatoms. The predicted octanol–water partition coefficient (Wildman–Crippen LogP) is 6.13. The average Bonchev–Trinajstić information content (AvgIpc) is 3.71. The Morgan fingerprint density at radius 3 is 2.28 bits per heavy atom. The zero-order valence-electron chi connectivity index (χ0n) is 28.9. The van der Waals surface area contributed by atoms with E-state index in [9.17, 15) is 14.7 Å². The molecule has 3 unspecified atom stereocenters. The van der Waals surface area contributed by atoms with Gasteiger partial charge in [-0.1, -0.05) is 72.3 Å². The zero-order valence-corrected chi connectivity index (χ0v) is 30.5. The van der Waals surface area contributed by atoms with Gasteiger partial charge in [-0.2, -0.15) is 0 Å². The van der Waals surface area contributed by atoms with Gasteiger partial charge in [-0.3, -0.25) is 14.4 Å². The lowest BCUT2D eigenvalue weighted by Crippen LogP contribution is -2.59. The third-order valence-electron chi connectivity index (χ3n) is 10.3. The summed E-state index contributed by atoms with van der Waals surface area (Å²) in [5.41, 5.74) is -0.00153. The van der Waals surface area contributed by atoms with Crippen molar-refractivity contribution in [3.63, 3.8) is 0 Å². The fraction of sp³-hybridized carbons (Fsp3) is 0.425. The fourth-order valence-electron chi connectivity index (χ4n) is 8.31. The van der Waals surface area contributed by atoms with Crippen molar-refractivity contribution in [1.82, 2.24) is 4.90 Å². The van der Waals surface area contributed by atoms with Gasteiger partial charge in [-0.15, -0.1) is 13.2 Å². The minimum Gasteiger partial charge on any atom is -0.494 e. The van der Waals surface area contributed by atoms with E-state index in [4.69, 9.17) is 9.47 Å². The first-order valence-electron chi connectivity index (χ1n) is 17.4. The first-order valence-corrected chi connectivity index (χ1v) is 18.3. The summed E-state index contributed by atoms with van der Waals surface area (Å²) in [5, 5.41) is 12.8. The van der Waals surface area contributed by atoms with Crippen molar-refractivity contribution >= 4 is 55.8 Å². The number of hydrogen-bond acceptors (Lipinski definition) is 6. The third kappa shape index (κ3) is 6.15. The number of alkyl halides is 1. The number of anilines is 2. The van der Waals surface area contributed by atoms with E-state index in [2.05, 4.69) is 29.1 Å². The number of fused-ring (bicyclic) bond motifs is 2. The maximum atomic E-state index is 15.2. The van der Waals surface area contributed by atoms with Crippen LogP contribution in [-0.4, -0.2) is 82.6 Å². The average molecular weight is 745 g/mol. The minimum absolute atomic E-state index is 0.125. The van der Waals surface area contributed by atoms with Gasteiger partial charge in [-0.25, -0.2) is 0 Å². The number of hydrogen-bond donors (Lipinski definition) is 1. The number of aliphatic hydroxyl groups is 1. The van der Waals surface area contributed by atoms with Gasteiger partial charge in [0, 0.05) is 29.3 Å². The molecule has 3 saturated heterocycles. The Morgan fingerprint density at radius 1 is 1.02 bits per heavy atom. The van der Waals surface area contributed by atoms with Crippen molar-refractivity contribution in [2.75, 3.05) is 36.1 Å². The number of halogens is 1. The summed E-state index contributed by atoms with van der Waals surface area (Å²) in [6.45, 7) is 14.4. The van der Waals surface area contributed by atoms with E-state index in [1.165, 1.54) is 0 Å². The number of aliphatic hydroxyl groups excluding tert-OH is 1. The number of carbonyl (C=O) groups excluding carboxylic acids is 3. The van der Waals surface area contributed by atoms with Crippen LogP contribution in [0.3, 0.4) is 0 Å². The van der Waals surface area contributed by atoms with Crippen LogP contribution in [0.4, 0.5) is 11.4 Å². The first-order chi connectivity index (χ1) is 24.1. The van der Waals surface area contributed by atoms with E-state index in [1.54, 1.807) is 26.9 Å². The SMILES string of the molecule is C=CCN(C(=O)C1N([C@@H](CO)CC(C)C)C(=O)[C@@H]2[C@@H](C(=O)N(CC=C)c3ccc(OCC)cc3)[C@@H]3OC12CC3Br)c1ccc2ccccc2c1. The summed E-state index contributed by atoms with van der Waals surface area (Å²) < 4.78 is 12.5. The van der Waals surface area contributed by atoms with Crippen LogP contribution in [-0.2, 0) is 19.1 Å². The molecule has 0 aliphatic carbocycles. The lowest BCUT2D eigenvalue weighted by atomic mass is 9.70. The van der Waals surface area contributed by atoms with Gasteiger partial charge in [0.15, 0.2) is 0 Å². The zero-order chi connectivity index (χ0) is 35.7. The van der Waals surface area contributed by atoms with Gasteiger partial charge in [0.25, 0.3) is 5.91 Å². The van der Waals surface area contributed by atoms with Gasteiger partial charge in [-0.05, 0) is 72.9 Å². The van der Waals surface area contributed by atoms with Gasteiger partial charge >= 0.3 is 0 Å². The number of likely N-dealkylation sites (tertiary alicyclic amines) is 1. The van der Waals surface area contributed by atoms with E-state index in [-0.39, 0.29) is 48.2 Å². The van der Waals surface area contributed by atoms with Gasteiger partial charge < -0.3 is 29.3 Å². The van der Waals surface area contributed by atoms with E-state index in [0.717, 1.165) is 10.8 Å². The van der Waals surface area contributed by atoms with Gasteiger partial charge in [0.2, 0.25) is 11.8 Å². The molecule has 2 bridgehead atoms. The predicted molar refractivity (Wildman–Crippen MR) is 200 cm³/mol. The number of benzene rings is 3. The van der Waals surface area contributed by atoms with Crippen LogP contribution in [0.15, 0.2) is 92.0 Å². The molecular weight excluding hydrogens is 698 g/mol. The molecule has 3 amide bonds. The summed E-state index contributed by atoms with van der Waals surface area (Å²) in [6.07, 6.45) is 3.50. The molecule has 264 valence electrons. The molecule has 3 aliphatic rings. The molecule has 0 radical (unpaired) electrons. The molecule has 7 atom stereocenters. The van der Waals surface area contributed by atoms with Crippen molar-refractivity contribution in [1.29, 1.82) is 0 Å². The Morgan fingerprint density at radius 2 is 1.66 bits per heavy atom. The molecule has 0 saturated carbocycles. The molecule has 0 aromatic heterocycles. The van der Waals surface area contributed by atoms with Crippen molar-refractivity contribution in [3.05, 3.63) is 92.0 Å². The maximum Gasteiger partial charge on any atom is 0.253 e. The van der Waals surface area contributed by atoms with Crippen LogP contribution in [0, 0.1) is 17.8 Å². The number of nitrogens with zero attached hydrogens (tertiary/aromatic N) is 3. The molecule has 3 fully saturated rings. The van der Waals surface area contributed by atoms with Crippen LogP contribution in [0.25, 0.3) is 10.8 Å². The monoisotopic (exact) mass is 743 g/mol. The van der Waals surface area contributed by atoms with Gasteiger partial charge in [0.1, 0.15) is 17.4 Å². The number of carbonyl (C=O) groups is 3. The Kier molecular flexibility index (Phi) is 10.5. The Labute approximate surface area is 302 Å². The molecule has 3 aliphatic heterocycles. The molecule has 50 heavy (non-hydrogen) atoms. The molecule has 3 aromatic carbocycles. The number of ether oxygens (including phenoxy) is 2. The van der Waals surface area contributed by atoms with E-state index >= 15 is 4.79 Å². The minimum atomic E-state index is -1.30. The Balaban J connectivity index is 1.45. The van der Waals surface area contributed by atoms with Gasteiger partial charge in [0.05, 0.1) is 37.2 Å². The van der Waals surface area contributed by atoms with E-state index in [1.807, 2.05) is 87.5 Å². The first kappa shape index (κ1) is 35.8. The molecule has 3 heterocycles. The van der Waals surface area contributed by atoms with Crippen molar-refractivity contribution in [2.24, 2.45) is 17.8 Å². The molecular formula is C40H46BrN3O6. The summed E-state index contributed by atoms with van der Waals surface area (Å²) in [5.74, 6) is -1.95. The second-order valence-electron chi connectivity index (χ2n) is 13.8. The van der Waals surface area contributed by atoms with Crippen LogP contribution >= 0.6 is 15.9 Å². The fourth-order valence-corrected chi connectivity index (χ4v) is 9.25. The number of rotatable bonds is 14. The highest BCUT2D eigenvalue weighted by atomic mass is 79.9. The van der Waals surface area contributed by atoms with Crippen molar-refractivity contribution < 1.29 is 29.0 Å². The smallest absolute Gasteiger partial charge is 0.253 e. The summed E-state index contributed by atoms with van der Waals surface area (Å²) in [7, 11) is 0. The third-order valence-corrected chi connectivity index (χ3v) is 11.1. The quantitative estimate of drug-likeness (QED) is 0.158.